The molecule has 4 heteroatoms. The molecule has 2 heterocycles. The number of hydrogen-bond acceptors (Lipinski definition) is 3. The summed E-state index contributed by atoms with van der Waals surface area (Å²) in [5, 5.41) is 11.8. The molecule has 2 aromatic heterocycles. The first-order chi connectivity index (χ1) is 8.18. The van der Waals surface area contributed by atoms with E-state index < -0.39 is 6.10 Å². The predicted molar refractivity (Wildman–Crippen MR) is 66.4 cm³/mol. The van der Waals surface area contributed by atoms with Crippen molar-refractivity contribution in [2.75, 3.05) is 0 Å². The number of halogens is 1. The van der Waals surface area contributed by atoms with Crippen LogP contribution in [0.1, 0.15) is 12.5 Å². The fourth-order valence-electron chi connectivity index (χ4n) is 2.18. The second-order valence-corrected chi connectivity index (χ2v) is 4.55. The van der Waals surface area contributed by atoms with Gasteiger partial charge in [-0.1, -0.05) is 11.6 Å². The van der Waals surface area contributed by atoms with Crippen molar-refractivity contribution in [3.63, 3.8) is 0 Å². The van der Waals surface area contributed by atoms with E-state index in [-0.39, 0.29) is 0 Å². The minimum atomic E-state index is -0.442. The van der Waals surface area contributed by atoms with Gasteiger partial charge in [-0.25, -0.2) is 0 Å². The Bertz CT molecular complexity index is 627. The van der Waals surface area contributed by atoms with E-state index in [2.05, 4.69) is 0 Å². The highest BCUT2D eigenvalue weighted by atomic mass is 35.5. The van der Waals surface area contributed by atoms with E-state index in [1.807, 2.05) is 12.1 Å². The van der Waals surface area contributed by atoms with Crippen molar-refractivity contribution in [3.8, 4) is 0 Å². The van der Waals surface area contributed by atoms with Gasteiger partial charge in [0.15, 0.2) is 5.58 Å². The Kier molecular flexibility index (Phi) is 2.38. The van der Waals surface area contributed by atoms with Crippen molar-refractivity contribution < 1.29 is 13.9 Å². The Morgan fingerprint density at radius 1 is 1.18 bits per heavy atom. The number of fused-ring (bicyclic) bond motifs is 2. The molecular weight excluding hydrogens is 240 g/mol. The minimum Gasteiger partial charge on any atom is -0.464 e. The zero-order chi connectivity index (χ0) is 12.0. The average molecular weight is 251 g/mol. The maximum Gasteiger partial charge on any atom is 0.153 e. The summed E-state index contributed by atoms with van der Waals surface area (Å²) in [6.07, 6.45) is 3.27. The summed E-state index contributed by atoms with van der Waals surface area (Å²) in [5.74, 6) is 0. The van der Waals surface area contributed by atoms with E-state index in [4.69, 9.17) is 20.4 Å². The van der Waals surface area contributed by atoms with Gasteiger partial charge in [0.2, 0.25) is 0 Å². The zero-order valence-corrected chi connectivity index (χ0v) is 9.99. The van der Waals surface area contributed by atoms with Crippen LogP contribution in [-0.4, -0.2) is 11.2 Å². The molecule has 1 unspecified atom stereocenters. The molecule has 3 aromatic rings. The van der Waals surface area contributed by atoms with Crippen molar-refractivity contribution in [2.45, 2.75) is 19.4 Å². The second kappa shape index (κ2) is 3.79. The summed E-state index contributed by atoms with van der Waals surface area (Å²) < 4.78 is 10.9. The molecule has 1 N–H and O–H groups in total. The first-order valence-corrected chi connectivity index (χ1v) is 5.79. The zero-order valence-electron chi connectivity index (χ0n) is 9.24. The molecule has 3 nitrogen and oxygen atoms in total. The predicted octanol–water partition coefficient (Wildman–Crippen LogP) is 3.76. The third-order valence-corrected chi connectivity index (χ3v) is 3.24. The first kappa shape index (κ1) is 10.7. The van der Waals surface area contributed by atoms with Gasteiger partial charge in [-0.2, -0.15) is 0 Å². The molecule has 88 valence electrons. The third-order valence-electron chi connectivity index (χ3n) is 2.87. The van der Waals surface area contributed by atoms with Gasteiger partial charge in [-0.05, 0) is 19.1 Å². The van der Waals surface area contributed by atoms with Gasteiger partial charge < -0.3 is 13.9 Å². The van der Waals surface area contributed by atoms with Crippen molar-refractivity contribution in [3.05, 3.63) is 35.2 Å². The fraction of sp³-hybridized carbons (Fsp3) is 0.231. The topological polar surface area (TPSA) is 46.5 Å². The summed E-state index contributed by atoms with van der Waals surface area (Å²) in [6, 6.07) is 3.66. The number of rotatable bonds is 2. The number of aliphatic hydroxyl groups is 1. The summed E-state index contributed by atoms with van der Waals surface area (Å²) >= 11 is 6.25. The Labute approximate surface area is 103 Å². The van der Waals surface area contributed by atoms with Crippen LogP contribution in [-0.2, 0) is 6.42 Å². The summed E-state index contributed by atoms with van der Waals surface area (Å²) in [4.78, 5) is 0. The van der Waals surface area contributed by atoms with Gasteiger partial charge in [-0.3, -0.25) is 0 Å². The molecular formula is C13H11ClO3. The molecule has 0 spiro atoms. The maximum atomic E-state index is 9.56. The molecule has 17 heavy (non-hydrogen) atoms. The Morgan fingerprint density at radius 2 is 1.82 bits per heavy atom. The molecule has 1 aromatic carbocycles. The summed E-state index contributed by atoms with van der Waals surface area (Å²) in [6.45, 7) is 1.75. The van der Waals surface area contributed by atoms with E-state index in [0.717, 1.165) is 21.9 Å². The van der Waals surface area contributed by atoms with Gasteiger partial charge in [-0.15, -0.1) is 0 Å². The van der Waals surface area contributed by atoms with Crippen molar-refractivity contribution in [1.82, 2.24) is 0 Å². The number of furan rings is 2. The highest BCUT2D eigenvalue weighted by molar-refractivity contribution is 6.40. The van der Waals surface area contributed by atoms with Gasteiger partial charge >= 0.3 is 0 Å². The Hall–Kier alpha value is -1.45. The second-order valence-electron chi connectivity index (χ2n) is 4.17. The van der Waals surface area contributed by atoms with E-state index >= 15 is 0 Å². The molecule has 0 saturated heterocycles. The maximum absolute atomic E-state index is 9.56. The van der Waals surface area contributed by atoms with Crippen molar-refractivity contribution in [2.24, 2.45) is 0 Å². The Balaban J connectivity index is 2.43. The molecule has 1 atom stereocenters. The molecule has 0 radical (unpaired) electrons. The Morgan fingerprint density at radius 3 is 2.53 bits per heavy atom. The monoisotopic (exact) mass is 250 g/mol. The van der Waals surface area contributed by atoms with Crippen molar-refractivity contribution >= 4 is 33.5 Å². The number of aliphatic hydroxyl groups excluding tert-OH is 1. The van der Waals surface area contributed by atoms with Crippen LogP contribution in [0.15, 0.2) is 33.5 Å². The standard InChI is InChI=1S/C13H11ClO3/c1-7(15)6-10-8-2-4-17-13(8)11(14)9-3-5-16-12(9)10/h2-5,7,15H,6H2,1H3. The molecule has 0 amide bonds. The van der Waals surface area contributed by atoms with E-state index in [1.54, 1.807) is 19.5 Å². The number of hydrogen-bond donors (Lipinski definition) is 1. The smallest absolute Gasteiger partial charge is 0.153 e. The van der Waals surface area contributed by atoms with Gasteiger partial charge in [0.1, 0.15) is 5.58 Å². The van der Waals surface area contributed by atoms with Crippen LogP contribution in [0.4, 0.5) is 0 Å². The van der Waals surface area contributed by atoms with Crippen LogP contribution in [0.25, 0.3) is 21.9 Å². The van der Waals surface area contributed by atoms with Crippen molar-refractivity contribution in [1.29, 1.82) is 0 Å². The lowest BCUT2D eigenvalue weighted by molar-refractivity contribution is 0.196. The lowest BCUT2D eigenvalue weighted by atomic mass is 10.0. The lowest BCUT2D eigenvalue weighted by Gasteiger charge is -2.07. The summed E-state index contributed by atoms with van der Waals surface area (Å²) in [7, 11) is 0. The first-order valence-electron chi connectivity index (χ1n) is 5.41. The lowest BCUT2D eigenvalue weighted by Crippen LogP contribution is -2.04. The van der Waals surface area contributed by atoms with Gasteiger partial charge in [0.05, 0.1) is 23.7 Å². The molecule has 0 aliphatic carbocycles. The highest BCUT2D eigenvalue weighted by Gasteiger charge is 2.18. The quantitative estimate of drug-likeness (QED) is 0.753. The van der Waals surface area contributed by atoms with Crippen LogP contribution in [0, 0.1) is 0 Å². The third kappa shape index (κ3) is 1.54. The fourth-order valence-corrected chi connectivity index (χ4v) is 2.47. The minimum absolute atomic E-state index is 0.442. The molecule has 3 rings (SSSR count). The van der Waals surface area contributed by atoms with E-state index in [1.165, 1.54) is 0 Å². The molecule has 0 saturated carbocycles. The van der Waals surface area contributed by atoms with Crippen LogP contribution in [0.3, 0.4) is 0 Å². The van der Waals surface area contributed by atoms with Gasteiger partial charge in [0.25, 0.3) is 0 Å². The van der Waals surface area contributed by atoms with Crippen LogP contribution >= 0.6 is 11.6 Å². The van der Waals surface area contributed by atoms with E-state index in [9.17, 15) is 5.11 Å². The van der Waals surface area contributed by atoms with Crippen LogP contribution < -0.4 is 0 Å². The summed E-state index contributed by atoms with van der Waals surface area (Å²) in [5.41, 5.74) is 2.31. The average Bonchev–Trinajstić information content (AvgIpc) is 2.92. The molecule has 0 fully saturated rings. The van der Waals surface area contributed by atoms with Gasteiger partial charge in [0, 0.05) is 22.8 Å². The molecule has 0 bridgehead atoms. The molecule has 0 aliphatic rings. The normalized spacial score (nSPS) is 13.6. The SMILES string of the molecule is CC(O)Cc1c2ccoc2c(Cl)c2ccoc12. The largest absolute Gasteiger partial charge is 0.464 e. The van der Waals surface area contributed by atoms with E-state index in [0.29, 0.717) is 17.0 Å². The van der Waals surface area contributed by atoms with Crippen LogP contribution in [0.2, 0.25) is 5.02 Å². The number of benzene rings is 1. The van der Waals surface area contributed by atoms with Crippen LogP contribution in [0.5, 0.6) is 0 Å². The molecule has 0 aliphatic heterocycles. The highest BCUT2D eigenvalue weighted by Crippen LogP contribution is 2.37.